The van der Waals surface area contributed by atoms with Crippen LogP contribution in [-0.4, -0.2) is 66.8 Å². The van der Waals surface area contributed by atoms with Gasteiger partial charge in [0, 0.05) is 13.7 Å². The fraction of sp³-hybridized carbons (Fsp3) is 0.824. The number of carbonyl (C=O) groups is 3. The van der Waals surface area contributed by atoms with Crippen molar-refractivity contribution in [2.75, 3.05) is 20.3 Å². The van der Waals surface area contributed by atoms with E-state index in [-0.39, 0.29) is 24.2 Å². The number of ketones is 1. The third kappa shape index (κ3) is 7.94. The first-order valence-corrected chi connectivity index (χ1v) is 8.52. The maximum Gasteiger partial charge on any atom is 0.253 e. The molecule has 3 N–H and O–H groups in total. The first kappa shape index (κ1) is 21.5. The van der Waals surface area contributed by atoms with Crippen molar-refractivity contribution in [1.82, 2.24) is 10.6 Å². The lowest BCUT2D eigenvalue weighted by atomic mass is 10.0. The average molecular weight is 358 g/mol. The van der Waals surface area contributed by atoms with Crippen LogP contribution in [0.15, 0.2) is 0 Å². The van der Waals surface area contributed by atoms with Crippen LogP contribution < -0.4 is 10.6 Å². The predicted molar refractivity (Wildman–Crippen MR) is 90.9 cm³/mol. The molecule has 0 aromatic rings. The summed E-state index contributed by atoms with van der Waals surface area (Å²) >= 11 is 0. The number of aliphatic hydroxyl groups is 1. The van der Waals surface area contributed by atoms with Crippen LogP contribution in [0.3, 0.4) is 0 Å². The number of nitrogens with one attached hydrogen (secondary N) is 2. The largest absolute Gasteiger partial charge is 0.390 e. The van der Waals surface area contributed by atoms with Crippen molar-refractivity contribution in [2.45, 2.75) is 64.4 Å². The molecule has 0 aliphatic carbocycles. The van der Waals surface area contributed by atoms with Gasteiger partial charge in [-0.2, -0.15) is 0 Å². The zero-order valence-corrected chi connectivity index (χ0v) is 15.6. The maximum absolute atomic E-state index is 12.3. The van der Waals surface area contributed by atoms with Gasteiger partial charge in [-0.05, 0) is 32.6 Å². The monoisotopic (exact) mass is 358 g/mol. The van der Waals surface area contributed by atoms with E-state index in [2.05, 4.69) is 10.6 Å². The number of Topliss-reactive ketones (excluding diaryl/α,β-unsaturated/α-hetero) is 1. The van der Waals surface area contributed by atoms with E-state index in [0.717, 1.165) is 0 Å². The fourth-order valence-electron chi connectivity index (χ4n) is 2.35. The van der Waals surface area contributed by atoms with E-state index in [1.807, 2.05) is 13.8 Å². The minimum atomic E-state index is -0.874. The van der Waals surface area contributed by atoms with E-state index in [0.29, 0.717) is 19.4 Å². The minimum absolute atomic E-state index is 0.110. The Morgan fingerprint density at radius 1 is 1.24 bits per heavy atom. The number of amides is 2. The molecular formula is C17H30N2O6. The number of ether oxygens (including phenoxy) is 2. The summed E-state index contributed by atoms with van der Waals surface area (Å²) in [5.74, 6) is -0.890. The van der Waals surface area contributed by atoms with Crippen molar-refractivity contribution in [3.05, 3.63) is 0 Å². The van der Waals surface area contributed by atoms with Crippen LogP contribution in [0.2, 0.25) is 0 Å². The van der Waals surface area contributed by atoms with Gasteiger partial charge in [0.1, 0.15) is 12.6 Å². The van der Waals surface area contributed by atoms with Crippen molar-refractivity contribution in [3.8, 4) is 0 Å². The summed E-state index contributed by atoms with van der Waals surface area (Å²) < 4.78 is 9.83. The lowest BCUT2D eigenvalue weighted by Gasteiger charge is -2.22. The van der Waals surface area contributed by atoms with Crippen LogP contribution in [-0.2, 0) is 23.9 Å². The third-order valence-electron chi connectivity index (χ3n) is 3.73. The molecule has 1 saturated heterocycles. The molecule has 2 amide bonds. The highest BCUT2D eigenvalue weighted by molar-refractivity contribution is 5.98. The lowest BCUT2D eigenvalue weighted by molar-refractivity contribution is -0.130. The Balaban J connectivity index is 2.54. The summed E-state index contributed by atoms with van der Waals surface area (Å²) in [5.41, 5.74) is -0.874. The zero-order valence-electron chi connectivity index (χ0n) is 15.6. The molecule has 25 heavy (non-hydrogen) atoms. The summed E-state index contributed by atoms with van der Waals surface area (Å²) in [6.07, 6.45) is -0.788. The molecule has 0 aromatic carbocycles. The molecule has 144 valence electrons. The van der Waals surface area contributed by atoms with Crippen LogP contribution in [0.4, 0.5) is 0 Å². The molecule has 0 unspecified atom stereocenters. The molecule has 1 rings (SSSR count). The molecule has 0 saturated carbocycles. The molecule has 0 aromatic heterocycles. The van der Waals surface area contributed by atoms with Gasteiger partial charge in [0.15, 0.2) is 18.0 Å². The maximum atomic E-state index is 12.3. The van der Waals surface area contributed by atoms with Crippen LogP contribution in [0.1, 0.15) is 40.5 Å². The van der Waals surface area contributed by atoms with Crippen LogP contribution >= 0.6 is 0 Å². The lowest BCUT2D eigenvalue weighted by Crippen LogP contribution is -2.49. The Labute approximate surface area is 148 Å². The van der Waals surface area contributed by atoms with Crippen molar-refractivity contribution in [3.63, 3.8) is 0 Å². The van der Waals surface area contributed by atoms with Crippen molar-refractivity contribution in [1.29, 1.82) is 0 Å². The molecule has 1 aliphatic heterocycles. The van der Waals surface area contributed by atoms with Gasteiger partial charge in [-0.3, -0.25) is 14.4 Å². The SMILES string of the molecule is COCC(=O)[C@H]1O[C@@H]1C(=O)N[C@@H](CC(C)C)C(=O)NCCC(C)(C)O. The van der Waals surface area contributed by atoms with Gasteiger partial charge in [0.05, 0.1) is 5.60 Å². The van der Waals surface area contributed by atoms with Gasteiger partial charge in [-0.1, -0.05) is 13.8 Å². The van der Waals surface area contributed by atoms with Gasteiger partial charge in [-0.15, -0.1) is 0 Å². The van der Waals surface area contributed by atoms with E-state index in [1.54, 1.807) is 13.8 Å². The minimum Gasteiger partial charge on any atom is -0.390 e. The van der Waals surface area contributed by atoms with E-state index in [1.165, 1.54) is 7.11 Å². The molecule has 1 aliphatic rings. The van der Waals surface area contributed by atoms with Gasteiger partial charge in [0.2, 0.25) is 5.91 Å². The molecule has 1 heterocycles. The summed E-state index contributed by atoms with van der Waals surface area (Å²) in [4.78, 5) is 36.2. The molecule has 0 radical (unpaired) electrons. The molecular weight excluding hydrogens is 328 g/mol. The zero-order chi connectivity index (χ0) is 19.2. The van der Waals surface area contributed by atoms with Gasteiger partial charge in [0.25, 0.3) is 5.91 Å². The number of epoxide rings is 1. The van der Waals surface area contributed by atoms with Gasteiger partial charge < -0.3 is 25.2 Å². The topological polar surface area (TPSA) is 117 Å². The number of carbonyl (C=O) groups excluding carboxylic acids is 3. The first-order valence-electron chi connectivity index (χ1n) is 8.52. The molecule has 3 atom stereocenters. The number of hydrogen-bond acceptors (Lipinski definition) is 6. The van der Waals surface area contributed by atoms with Gasteiger partial charge >= 0.3 is 0 Å². The van der Waals surface area contributed by atoms with Crippen LogP contribution in [0.5, 0.6) is 0 Å². The molecule has 1 fully saturated rings. The third-order valence-corrected chi connectivity index (χ3v) is 3.73. The van der Waals surface area contributed by atoms with E-state index in [9.17, 15) is 19.5 Å². The Bertz CT molecular complexity index is 486. The summed E-state index contributed by atoms with van der Waals surface area (Å²) in [6.45, 7) is 7.41. The van der Waals surface area contributed by atoms with E-state index < -0.39 is 29.8 Å². The molecule has 0 spiro atoms. The fourth-order valence-corrected chi connectivity index (χ4v) is 2.35. The number of hydrogen-bond donors (Lipinski definition) is 3. The Morgan fingerprint density at radius 3 is 2.40 bits per heavy atom. The van der Waals surface area contributed by atoms with E-state index in [4.69, 9.17) is 9.47 Å². The summed E-state index contributed by atoms with van der Waals surface area (Å²) in [5, 5.41) is 15.1. The molecule has 8 heteroatoms. The van der Waals surface area contributed by atoms with Crippen molar-refractivity contribution in [2.24, 2.45) is 5.92 Å². The van der Waals surface area contributed by atoms with Gasteiger partial charge in [-0.25, -0.2) is 0 Å². The highest BCUT2D eigenvalue weighted by atomic mass is 16.6. The smallest absolute Gasteiger partial charge is 0.253 e. The quantitative estimate of drug-likeness (QED) is 0.440. The number of rotatable bonds is 11. The normalized spacial score (nSPS) is 20.9. The Kier molecular flexibility index (Phi) is 7.98. The second kappa shape index (κ2) is 9.26. The highest BCUT2D eigenvalue weighted by Gasteiger charge is 2.50. The summed E-state index contributed by atoms with van der Waals surface area (Å²) in [7, 11) is 1.39. The summed E-state index contributed by atoms with van der Waals surface area (Å²) in [6, 6.07) is -0.711. The van der Waals surface area contributed by atoms with Crippen molar-refractivity contribution >= 4 is 17.6 Å². The van der Waals surface area contributed by atoms with Crippen molar-refractivity contribution < 1.29 is 29.0 Å². The van der Waals surface area contributed by atoms with Crippen LogP contribution in [0.25, 0.3) is 0 Å². The predicted octanol–water partition coefficient (Wildman–Crippen LogP) is -0.223. The first-order chi connectivity index (χ1) is 11.5. The standard InChI is InChI=1S/C17H30N2O6/c1-10(2)8-11(15(21)18-7-6-17(3,4)23)19-16(22)14-13(25-14)12(20)9-24-5/h10-11,13-14,23H,6-9H2,1-5H3,(H,18,21)(H,19,22)/t11-,13+,14-/m0/s1. The second-order valence-electron chi connectivity index (χ2n) is 7.42. The molecule has 0 bridgehead atoms. The highest BCUT2D eigenvalue weighted by Crippen LogP contribution is 2.23. The number of methoxy groups -OCH3 is 1. The average Bonchev–Trinajstić information content (AvgIpc) is 3.25. The second-order valence-corrected chi connectivity index (χ2v) is 7.42. The van der Waals surface area contributed by atoms with E-state index >= 15 is 0 Å². The Morgan fingerprint density at radius 2 is 1.88 bits per heavy atom. The Hall–Kier alpha value is -1.51. The molecule has 8 nitrogen and oxygen atoms in total. The van der Waals surface area contributed by atoms with Crippen LogP contribution in [0, 0.1) is 5.92 Å².